The molecule has 2 aromatic rings. The number of hydrogen-bond acceptors (Lipinski definition) is 4. The molecule has 1 amide bonds. The lowest BCUT2D eigenvalue weighted by molar-refractivity contribution is -0.140. The van der Waals surface area contributed by atoms with E-state index in [4.69, 9.17) is 0 Å². The maximum atomic E-state index is 12.6. The SMILES string of the molecule is CN=C(NCCc1cccc(C(=O)N(C)C)c1)NCCc1nc(C(F)(F)F)cs1.I. The number of aliphatic imine (C=N–C) groups is 1. The number of carbonyl (C=O) groups excluding carboxylic acids is 1. The van der Waals surface area contributed by atoms with E-state index in [1.807, 2.05) is 18.2 Å². The Labute approximate surface area is 195 Å². The van der Waals surface area contributed by atoms with Crippen molar-refractivity contribution in [1.29, 1.82) is 0 Å². The van der Waals surface area contributed by atoms with Crippen molar-refractivity contribution in [3.05, 3.63) is 51.5 Å². The molecule has 1 aromatic heterocycles. The molecule has 1 aromatic carbocycles. The molecule has 0 aliphatic carbocycles. The van der Waals surface area contributed by atoms with Gasteiger partial charge in [0.1, 0.15) is 0 Å². The first-order chi connectivity index (χ1) is 13.7. The van der Waals surface area contributed by atoms with Crippen molar-refractivity contribution in [1.82, 2.24) is 20.5 Å². The molecule has 0 saturated heterocycles. The highest BCUT2D eigenvalue weighted by molar-refractivity contribution is 14.0. The maximum absolute atomic E-state index is 12.6. The van der Waals surface area contributed by atoms with Crippen LogP contribution < -0.4 is 10.6 Å². The molecule has 0 atom stereocenters. The van der Waals surface area contributed by atoms with Gasteiger partial charge in [0, 0.05) is 51.6 Å². The number of benzene rings is 1. The van der Waals surface area contributed by atoms with Crippen molar-refractivity contribution >= 4 is 47.2 Å². The molecule has 2 rings (SSSR count). The lowest BCUT2D eigenvalue weighted by atomic mass is 10.1. The molecule has 6 nitrogen and oxygen atoms in total. The lowest BCUT2D eigenvalue weighted by Gasteiger charge is -2.13. The third-order valence-corrected chi connectivity index (χ3v) is 4.89. The van der Waals surface area contributed by atoms with E-state index in [2.05, 4.69) is 20.6 Å². The van der Waals surface area contributed by atoms with E-state index in [0.29, 0.717) is 42.5 Å². The van der Waals surface area contributed by atoms with Crippen molar-refractivity contribution in [3.63, 3.8) is 0 Å². The van der Waals surface area contributed by atoms with Crippen LogP contribution in [0.25, 0.3) is 0 Å². The number of guanidine groups is 1. The molecule has 30 heavy (non-hydrogen) atoms. The van der Waals surface area contributed by atoms with Crippen LogP contribution >= 0.6 is 35.3 Å². The van der Waals surface area contributed by atoms with Gasteiger partial charge in [-0.25, -0.2) is 4.98 Å². The molecule has 0 unspecified atom stereocenters. The van der Waals surface area contributed by atoms with E-state index in [9.17, 15) is 18.0 Å². The van der Waals surface area contributed by atoms with Gasteiger partial charge >= 0.3 is 6.18 Å². The van der Waals surface area contributed by atoms with Gasteiger partial charge in [-0.15, -0.1) is 35.3 Å². The summed E-state index contributed by atoms with van der Waals surface area (Å²) in [7, 11) is 5.04. The Kier molecular flexibility index (Phi) is 10.5. The van der Waals surface area contributed by atoms with Crippen LogP contribution in [-0.2, 0) is 19.0 Å². The quantitative estimate of drug-likeness (QED) is 0.312. The van der Waals surface area contributed by atoms with E-state index < -0.39 is 11.9 Å². The molecule has 0 fully saturated rings. The van der Waals surface area contributed by atoms with Gasteiger partial charge in [-0.3, -0.25) is 9.79 Å². The topological polar surface area (TPSA) is 69.6 Å². The molecule has 0 spiro atoms. The van der Waals surface area contributed by atoms with E-state index in [1.54, 1.807) is 27.2 Å². The second-order valence-electron chi connectivity index (χ2n) is 6.45. The first-order valence-electron chi connectivity index (χ1n) is 8.97. The first kappa shape index (κ1) is 26.1. The van der Waals surface area contributed by atoms with Crippen molar-refractivity contribution in [2.45, 2.75) is 19.0 Å². The normalized spacial score (nSPS) is 11.6. The van der Waals surface area contributed by atoms with Gasteiger partial charge in [0.05, 0.1) is 5.01 Å². The molecular formula is C19H25F3IN5OS. The summed E-state index contributed by atoms with van der Waals surface area (Å²) in [4.78, 5) is 21.3. The van der Waals surface area contributed by atoms with Crippen LogP contribution in [0.2, 0.25) is 0 Å². The molecule has 11 heteroatoms. The summed E-state index contributed by atoms with van der Waals surface area (Å²) in [5.74, 6) is 0.506. The summed E-state index contributed by atoms with van der Waals surface area (Å²) in [5, 5.41) is 7.66. The minimum absolute atomic E-state index is 0. The molecule has 0 bridgehead atoms. The fraction of sp³-hybridized carbons (Fsp3) is 0.421. The van der Waals surface area contributed by atoms with Crippen molar-refractivity contribution in [2.24, 2.45) is 4.99 Å². The molecule has 0 aliphatic rings. The minimum atomic E-state index is -4.41. The van der Waals surface area contributed by atoms with Gasteiger partial charge in [0.2, 0.25) is 0 Å². The summed E-state index contributed by atoms with van der Waals surface area (Å²) >= 11 is 0.994. The van der Waals surface area contributed by atoms with Crippen LogP contribution in [0.15, 0.2) is 34.6 Å². The smallest absolute Gasteiger partial charge is 0.356 e. The number of thiazole rings is 1. The third-order valence-electron chi connectivity index (χ3n) is 3.98. The maximum Gasteiger partial charge on any atom is 0.434 e. The number of halogens is 4. The number of hydrogen-bond donors (Lipinski definition) is 2. The van der Waals surface area contributed by atoms with Crippen LogP contribution in [-0.4, -0.2) is 56.0 Å². The Morgan fingerprint density at radius 2 is 1.87 bits per heavy atom. The number of amides is 1. The highest BCUT2D eigenvalue weighted by atomic mass is 127. The van der Waals surface area contributed by atoms with Crippen molar-refractivity contribution < 1.29 is 18.0 Å². The minimum Gasteiger partial charge on any atom is -0.356 e. The van der Waals surface area contributed by atoms with Crippen LogP contribution in [0.5, 0.6) is 0 Å². The summed E-state index contributed by atoms with van der Waals surface area (Å²) in [6.45, 7) is 1.01. The van der Waals surface area contributed by atoms with Crippen molar-refractivity contribution in [3.8, 4) is 0 Å². The van der Waals surface area contributed by atoms with E-state index in [0.717, 1.165) is 22.3 Å². The molecule has 166 valence electrons. The number of nitrogens with one attached hydrogen (secondary N) is 2. The Hall–Kier alpha value is -1.89. The van der Waals surface area contributed by atoms with Gasteiger partial charge in [0.25, 0.3) is 5.91 Å². The van der Waals surface area contributed by atoms with E-state index in [1.165, 1.54) is 4.90 Å². The fourth-order valence-corrected chi connectivity index (χ4v) is 3.31. The highest BCUT2D eigenvalue weighted by Crippen LogP contribution is 2.29. The Bertz CT molecular complexity index is 855. The standard InChI is InChI=1S/C19H24F3N5OS.HI/c1-23-18(25-10-8-16-26-15(12-29-16)19(20,21)22)24-9-7-13-5-4-6-14(11-13)17(28)27(2)3;/h4-6,11-12H,7-10H2,1-3H3,(H2,23,24,25);1H. The average molecular weight is 555 g/mol. The zero-order chi connectivity index (χ0) is 21.4. The zero-order valence-corrected chi connectivity index (χ0v) is 20.1. The second-order valence-corrected chi connectivity index (χ2v) is 7.39. The first-order valence-corrected chi connectivity index (χ1v) is 9.85. The van der Waals surface area contributed by atoms with E-state index in [-0.39, 0.29) is 29.9 Å². The number of carbonyl (C=O) groups is 1. The Morgan fingerprint density at radius 3 is 2.43 bits per heavy atom. The number of nitrogens with zero attached hydrogens (tertiary/aromatic N) is 3. The van der Waals surface area contributed by atoms with Crippen LogP contribution in [0.1, 0.15) is 26.6 Å². The predicted molar refractivity (Wildman–Crippen MR) is 124 cm³/mol. The monoisotopic (exact) mass is 555 g/mol. The molecule has 2 N–H and O–H groups in total. The second kappa shape index (κ2) is 12.1. The summed E-state index contributed by atoms with van der Waals surface area (Å²) in [6, 6.07) is 7.44. The zero-order valence-electron chi connectivity index (χ0n) is 16.9. The van der Waals surface area contributed by atoms with Crippen molar-refractivity contribution in [2.75, 3.05) is 34.2 Å². The van der Waals surface area contributed by atoms with Gasteiger partial charge in [0.15, 0.2) is 11.7 Å². The van der Waals surface area contributed by atoms with Gasteiger partial charge in [-0.2, -0.15) is 13.2 Å². The number of alkyl halides is 3. The molecule has 0 radical (unpaired) electrons. The third kappa shape index (κ3) is 8.09. The molecule has 1 heterocycles. The summed E-state index contributed by atoms with van der Waals surface area (Å²) < 4.78 is 37.7. The highest BCUT2D eigenvalue weighted by Gasteiger charge is 2.33. The number of aromatic nitrogens is 1. The van der Waals surface area contributed by atoms with Gasteiger partial charge in [-0.1, -0.05) is 12.1 Å². The fourth-order valence-electron chi connectivity index (χ4n) is 2.51. The molecule has 0 aliphatic heterocycles. The van der Waals surface area contributed by atoms with Crippen LogP contribution in [0.4, 0.5) is 13.2 Å². The Balaban J connectivity index is 0.00000450. The van der Waals surface area contributed by atoms with Gasteiger partial charge < -0.3 is 15.5 Å². The Morgan fingerprint density at radius 1 is 1.20 bits per heavy atom. The number of rotatable bonds is 7. The molecule has 0 saturated carbocycles. The predicted octanol–water partition coefficient (Wildman–Crippen LogP) is 3.43. The van der Waals surface area contributed by atoms with Crippen LogP contribution in [0, 0.1) is 0 Å². The lowest BCUT2D eigenvalue weighted by Crippen LogP contribution is -2.39. The van der Waals surface area contributed by atoms with Gasteiger partial charge in [-0.05, 0) is 24.1 Å². The van der Waals surface area contributed by atoms with Crippen LogP contribution in [0.3, 0.4) is 0 Å². The van der Waals surface area contributed by atoms with E-state index >= 15 is 0 Å². The molecular weight excluding hydrogens is 530 g/mol. The largest absolute Gasteiger partial charge is 0.434 e. The summed E-state index contributed by atoms with van der Waals surface area (Å²) in [6.07, 6.45) is -3.35. The average Bonchev–Trinajstić information content (AvgIpc) is 3.15. The summed E-state index contributed by atoms with van der Waals surface area (Å²) in [5.41, 5.74) is 0.801.